The summed E-state index contributed by atoms with van der Waals surface area (Å²) in [5.74, 6) is 1.30. The number of thiazole rings is 1. The first-order valence-corrected chi connectivity index (χ1v) is 7.90. The maximum Gasteiger partial charge on any atom is 0.0928 e. The van der Waals surface area contributed by atoms with E-state index in [1.165, 1.54) is 36.6 Å². The molecule has 2 N–H and O–H groups in total. The number of hydrogen-bond donors (Lipinski definition) is 1. The Kier molecular flexibility index (Phi) is 5.15. The summed E-state index contributed by atoms with van der Waals surface area (Å²) in [4.78, 5) is 7.23. The normalized spacial score (nSPS) is 20.2. The maximum atomic E-state index is 5.65. The van der Waals surface area contributed by atoms with E-state index in [9.17, 15) is 0 Å². The average molecular weight is 267 g/mol. The number of rotatable bonds is 5. The van der Waals surface area contributed by atoms with E-state index in [4.69, 9.17) is 10.7 Å². The highest BCUT2D eigenvalue weighted by atomic mass is 32.1. The zero-order valence-electron chi connectivity index (χ0n) is 11.6. The molecule has 0 saturated carbocycles. The zero-order chi connectivity index (χ0) is 13.0. The van der Waals surface area contributed by atoms with Crippen LogP contribution in [0.2, 0.25) is 0 Å². The van der Waals surface area contributed by atoms with E-state index < -0.39 is 0 Å². The van der Waals surface area contributed by atoms with Crippen LogP contribution in [0.3, 0.4) is 0 Å². The Morgan fingerprint density at radius 2 is 2.22 bits per heavy atom. The lowest BCUT2D eigenvalue weighted by Crippen LogP contribution is -2.29. The number of aromatic nitrogens is 1. The highest BCUT2D eigenvalue weighted by molar-refractivity contribution is 7.09. The summed E-state index contributed by atoms with van der Waals surface area (Å²) in [6, 6.07) is 0. The van der Waals surface area contributed by atoms with Gasteiger partial charge in [-0.1, -0.05) is 6.92 Å². The second-order valence-electron chi connectivity index (χ2n) is 5.62. The summed E-state index contributed by atoms with van der Waals surface area (Å²) in [7, 11) is 2.21. The summed E-state index contributed by atoms with van der Waals surface area (Å²) in [6.45, 7) is 5.42. The molecule has 2 rings (SSSR count). The molecule has 0 amide bonds. The topological polar surface area (TPSA) is 42.1 Å². The van der Waals surface area contributed by atoms with Crippen molar-refractivity contribution in [3.8, 4) is 0 Å². The molecule has 1 fully saturated rings. The second-order valence-corrected chi connectivity index (χ2v) is 6.57. The molecule has 1 aromatic heterocycles. The van der Waals surface area contributed by atoms with Crippen LogP contribution in [0.5, 0.6) is 0 Å². The molecule has 1 saturated heterocycles. The van der Waals surface area contributed by atoms with Crippen LogP contribution in [0.4, 0.5) is 0 Å². The SMILES string of the molecule is CC(CN)CCc1nc(C2CCN(C)CC2)cs1. The highest BCUT2D eigenvalue weighted by Crippen LogP contribution is 2.28. The molecule has 1 aliphatic rings. The quantitative estimate of drug-likeness (QED) is 0.891. The van der Waals surface area contributed by atoms with Crippen LogP contribution in [0.15, 0.2) is 5.38 Å². The Hall–Kier alpha value is -0.450. The summed E-state index contributed by atoms with van der Waals surface area (Å²) in [5.41, 5.74) is 6.99. The number of piperidine rings is 1. The number of nitrogens with two attached hydrogens (primary N) is 1. The molecule has 1 aliphatic heterocycles. The van der Waals surface area contributed by atoms with E-state index in [0.717, 1.165) is 19.4 Å². The highest BCUT2D eigenvalue weighted by Gasteiger charge is 2.20. The minimum Gasteiger partial charge on any atom is -0.330 e. The van der Waals surface area contributed by atoms with Crippen molar-refractivity contribution >= 4 is 11.3 Å². The number of nitrogens with zero attached hydrogens (tertiary/aromatic N) is 2. The van der Waals surface area contributed by atoms with E-state index in [0.29, 0.717) is 11.8 Å². The average Bonchev–Trinajstić information content (AvgIpc) is 2.85. The van der Waals surface area contributed by atoms with Crippen molar-refractivity contribution in [1.29, 1.82) is 0 Å². The molecule has 0 radical (unpaired) electrons. The standard InChI is InChI=1S/C14H25N3S/c1-11(9-15)3-4-14-16-13(10-18-14)12-5-7-17(2)8-6-12/h10-12H,3-9,15H2,1-2H3. The first-order valence-electron chi connectivity index (χ1n) is 7.02. The fourth-order valence-corrected chi connectivity index (χ4v) is 3.32. The maximum absolute atomic E-state index is 5.65. The smallest absolute Gasteiger partial charge is 0.0928 e. The zero-order valence-corrected chi connectivity index (χ0v) is 12.4. The van der Waals surface area contributed by atoms with Gasteiger partial charge in [0.05, 0.1) is 10.7 Å². The van der Waals surface area contributed by atoms with Crippen molar-refractivity contribution < 1.29 is 0 Å². The molecular weight excluding hydrogens is 242 g/mol. The molecule has 4 heteroatoms. The minimum absolute atomic E-state index is 0.612. The van der Waals surface area contributed by atoms with Crippen LogP contribution in [-0.2, 0) is 6.42 Å². The third-order valence-electron chi connectivity index (χ3n) is 3.96. The summed E-state index contributed by atoms with van der Waals surface area (Å²) in [5, 5.41) is 3.57. The Bertz CT molecular complexity index is 356. The van der Waals surface area contributed by atoms with E-state index in [1.807, 2.05) is 11.3 Å². The van der Waals surface area contributed by atoms with Gasteiger partial charge >= 0.3 is 0 Å². The van der Waals surface area contributed by atoms with Gasteiger partial charge in [0, 0.05) is 11.3 Å². The van der Waals surface area contributed by atoms with Crippen LogP contribution in [0, 0.1) is 5.92 Å². The van der Waals surface area contributed by atoms with Crippen molar-refractivity contribution in [3.05, 3.63) is 16.1 Å². The molecular formula is C14H25N3S. The van der Waals surface area contributed by atoms with Crippen LogP contribution < -0.4 is 5.73 Å². The van der Waals surface area contributed by atoms with Gasteiger partial charge in [-0.05, 0) is 58.3 Å². The minimum atomic E-state index is 0.612. The molecule has 0 aliphatic carbocycles. The van der Waals surface area contributed by atoms with Crippen LogP contribution in [0.25, 0.3) is 0 Å². The Labute approximate surface area is 114 Å². The van der Waals surface area contributed by atoms with Crippen molar-refractivity contribution in [2.45, 2.75) is 38.5 Å². The molecule has 102 valence electrons. The molecule has 1 unspecified atom stereocenters. The van der Waals surface area contributed by atoms with Gasteiger partial charge in [-0.3, -0.25) is 0 Å². The first kappa shape index (κ1) is 14.0. The lowest BCUT2D eigenvalue weighted by atomic mass is 9.94. The number of likely N-dealkylation sites (tertiary alicyclic amines) is 1. The van der Waals surface area contributed by atoms with Gasteiger partial charge in [-0.2, -0.15) is 0 Å². The molecule has 1 atom stereocenters. The fourth-order valence-electron chi connectivity index (χ4n) is 2.42. The molecule has 3 nitrogen and oxygen atoms in total. The third kappa shape index (κ3) is 3.77. The lowest BCUT2D eigenvalue weighted by Gasteiger charge is -2.27. The first-order chi connectivity index (χ1) is 8.69. The van der Waals surface area contributed by atoms with Gasteiger partial charge < -0.3 is 10.6 Å². The monoisotopic (exact) mass is 267 g/mol. The Balaban J connectivity index is 1.86. The van der Waals surface area contributed by atoms with Gasteiger partial charge in [-0.25, -0.2) is 4.98 Å². The van der Waals surface area contributed by atoms with Gasteiger partial charge in [0.1, 0.15) is 0 Å². The van der Waals surface area contributed by atoms with Crippen LogP contribution in [0.1, 0.15) is 42.8 Å². The predicted octanol–water partition coefficient (Wildman–Crippen LogP) is 2.48. The predicted molar refractivity (Wildman–Crippen MR) is 78.1 cm³/mol. The van der Waals surface area contributed by atoms with Crippen molar-refractivity contribution in [2.75, 3.05) is 26.7 Å². The Morgan fingerprint density at radius 1 is 1.50 bits per heavy atom. The summed E-state index contributed by atoms with van der Waals surface area (Å²) < 4.78 is 0. The van der Waals surface area contributed by atoms with Crippen molar-refractivity contribution in [2.24, 2.45) is 11.7 Å². The largest absolute Gasteiger partial charge is 0.330 e. The third-order valence-corrected chi connectivity index (χ3v) is 4.89. The molecule has 2 heterocycles. The molecule has 0 aromatic carbocycles. The lowest BCUT2D eigenvalue weighted by molar-refractivity contribution is 0.253. The molecule has 18 heavy (non-hydrogen) atoms. The van der Waals surface area contributed by atoms with Crippen molar-refractivity contribution in [1.82, 2.24) is 9.88 Å². The molecule has 0 spiro atoms. The number of hydrogen-bond acceptors (Lipinski definition) is 4. The second kappa shape index (κ2) is 6.64. The summed E-state index contributed by atoms with van der Waals surface area (Å²) in [6.07, 6.45) is 4.78. The van der Waals surface area contributed by atoms with Crippen LogP contribution >= 0.6 is 11.3 Å². The van der Waals surface area contributed by atoms with Crippen LogP contribution in [-0.4, -0.2) is 36.6 Å². The van der Waals surface area contributed by atoms with Gasteiger partial charge in [-0.15, -0.1) is 11.3 Å². The van der Waals surface area contributed by atoms with Crippen molar-refractivity contribution in [3.63, 3.8) is 0 Å². The number of aryl methyl sites for hydroxylation is 1. The van der Waals surface area contributed by atoms with Gasteiger partial charge in [0.15, 0.2) is 0 Å². The van der Waals surface area contributed by atoms with Gasteiger partial charge in [0.25, 0.3) is 0 Å². The Morgan fingerprint density at radius 3 is 2.89 bits per heavy atom. The van der Waals surface area contributed by atoms with E-state index >= 15 is 0 Å². The fraction of sp³-hybridized carbons (Fsp3) is 0.786. The van der Waals surface area contributed by atoms with E-state index in [2.05, 4.69) is 24.3 Å². The molecule has 1 aromatic rings. The van der Waals surface area contributed by atoms with E-state index in [1.54, 1.807) is 0 Å². The van der Waals surface area contributed by atoms with E-state index in [-0.39, 0.29) is 0 Å². The summed E-state index contributed by atoms with van der Waals surface area (Å²) >= 11 is 1.83. The molecule has 0 bridgehead atoms. The van der Waals surface area contributed by atoms with Gasteiger partial charge in [0.2, 0.25) is 0 Å².